The van der Waals surface area contributed by atoms with E-state index < -0.39 is 4.92 Å². The normalized spacial score (nSPS) is 16.8. The second-order valence-electron chi connectivity index (χ2n) is 5.35. The molecule has 2 heterocycles. The lowest BCUT2D eigenvalue weighted by atomic mass is 10.0. The van der Waals surface area contributed by atoms with Crippen molar-refractivity contribution in [3.05, 3.63) is 15.8 Å². The molecule has 0 atom stereocenters. The molecule has 3 N–H and O–H groups in total. The molecule has 21 heavy (non-hydrogen) atoms. The van der Waals surface area contributed by atoms with E-state index in [0.717, 1.165) is 25.9 Å². The summed E-state index contributed by atoms with van der Waals surface area (Å²) < 4.78 is 0. The number of hydrogen-bond acceptors (Lipinski definition) is 8. The van der Waals surface area contributed by atoms with Crippen LogP contribution in [-0.2, 0) is 0 Å². The number of rotatable bonds is 4. The predicted octanol–water partition coefficient (Wildman–Crippen LogP) is 0.509. The molecule has 9 nitrogen and oxygen atoms in total. The summed E-state index contributed by atoms with van der Waals surface area (Å²) in [6.45, 7) is 3.52. The maximum Gasteiger partial charge on any atom is 0.332 e. The molecule has 1 saturated heterocycles. The minimum Gasteiger partial charge on any atom is -0.351 e. The number of nitrogens with zero attached hydrogens (tertiary/aromatic N) is 5. The highest BCUT2D eigenvalue weighted by atomic mass is 16.6. The van der Waals surface area contributed by atoms with Gasteiger partial charge in [-0.3, -0.25) is 15.5 Å². The molecule has 1 aliphatic heterocycles. The van der Waals surface area contributed by atoms with E-state index in [-0.39, 0.29) is 17.7 Å². The van der Waals surface area contributed by atoms with Crippen molar-refractivity contribution in [3.8, 4) is 0 Å². The summed E-state index contributed by atoms with van der Waals surface area (Å²) in [5.41, 5.74) is 2.60. The van der Waals surface area contributed by atoms with E-state index in [2.05, 4.69) is 27.3 Å². The van der Waals surface area contributed by atoms with E-state index in [0.29, 0.717) is 11.5 Å². The van der Waals surface area contributed by atoms with Crippen molar-refractivity contribution in [3.63, 3.8) is 0 Å². The Morgan fingerprint density at radius 3 is 2.57 bits per heavy atom. The van der Waals surface area contributed by atoms with Crippen LogP contribution in [0.1, 0.15) is 18.5 Å². The van der Waals surface area contributed by atoms with Crippen LogP contribution in [-0.4, -0.2) is 53.0 Å². The highest BCUT2D eigenvalue weighted by molar-refractivity contribution is 5.62. The topological polar surface area (TPSA) is 113 Å². The number of nitro groups is 1. The molecule has 0 aromatic carbocycles. The Kier molecular flexibility index (Phi) is 4.53. The molecule has 0 unspecified atom stereocenters. The Morgan fingerprint density at radius 2 is 2.05 bits per heavy atom. The Bertz CT molecular complexity index is 529. The zero-order valence-electron chi connectivity index (χ0n) is 12.5. The fraction of sp³-hybridized carbons (Fsp3) is 0.667. The largest absolute Gasteiger partial charge is 0.351 e. The molecule has 0 aliphatic carbocycles. The average Bonchev–Trinajstić information content (AvgIpc) is 2.45. The third-order valence-electron chi connectivity index (χ3n) is 3.92. The van der Waals surface area contributed by atoms with Gasteiger partial charge in [0.15, 0.2) is 0 Å². The van der Waals surface area contributed by atoms with Crippen LogP contribution in [0, 0.1) is 17.0 Å². The van der Waals surface area contributed by atoms with Crippen molar-refractivity contribution >= 4 is 17.5 Å². The zero-order valence-corrected chi connectivity index (χ0v) is 12.5. The van der Waals surface area contributed by atoms with Crippen LogP contribution in [0.2, 0.25) is 0 Å². The molecule has 1 aromatic rings. The van der Waals surface area contributed by atoms with Crippen LogP contribution in [0.5, 0.6) is 0 Å². The molecule has 116 valence electrons. The van der Waals surface area contributed by atoms with Crippen molar-refractivity contribution in [1.29, 1.82) is 0 Å². The standard InChI is InChI=1S/C12H21N7O2/c1-8-10(19(20)21)11(15-12(14-8)16-13)18(3)9-4-6-17(2)7-5-9/h9H,4-7,13H2,1-3H3,(H,14,15,16). The quantitative estimate of drug-likeness (QED) is 0.469. The lowest BCUT2D eigenvalue weighted by Gasteiger charge is -2.35. The number of aryl methyl sites for hydroxylation is 1. The van der Waals surface area contributed by atoms with E-state index in [9.17, 15) is 10.1 Å². The van der Waals surface area contributed by atoms with E-state index in [4.69, 9.17) is 5.84 Å². The number of nitrogens with two attached hydrogens (primary N) is 1. The molecular weight excluding hydrogens is 274 g/mol. The van der Waals surface area contributed by atoms with Crippen LogP contribution in [0.25, 0.3) is 0 Å². The number of anilines is 2. The fourth-order valence-electron chi connectivity index (χ4n) is 2.63. The Balaban J connectivity index is 2.36. The van der Waals surface area contributed by atoms with Crippen LogP contribution < -0.4 is 16.2 Å². The molecule has 0 radical (unpaired) electrons. The first kappa shape index (κ1) is 15.4. The number of aromatic nitrogens is 2. The Hall–Kier alpha value is -2.00. The van der Waals surface area contributed by atoms with Crippen LogP contribution in [0.3, 0.4) is 0 Å². The van der Waals surface area contributed by atoms with Gasteiger partial charge < -0.3 is 9.80 Å². The van der Waals surface area contributed by atoms with Gasteiger partial charge in [-0.1, -0.05) is 0 Å². The van der Waals surface area contributed by atoms with Gasteiger partial charge in [0, 0.05) is 13.1 Å². The van der Waals surface area contributed by atoms with Crippen molar-refractivity contribution < 1.29 is 4.92 Å². The van der Waals surface area contributed by atoms with Gasteiger partial charge in [0.1, 0.15) is 5.69 Å². The summed E-state index contributed by atoms with van der Waals surface area (Å²) in [7, 11) is 3.91. The molecule has 2 rings (SSSR count). The maximum atomic E-state index is 11.3. The van der Waals surface area contributed by atoms with E-state index in [1.165, 1.54) is 0 Å². The number of hydrazine groups is 1. The molecule has 0 amide bonds. The fourth-order valence-corrected chi connectivity index (χ4v) is 2.63. The highest BCUT2D eigenvalue weighted by Crippen LogP contribution is 2.31. The Labute approximate surface area is 123 Å². The molecule has 0 bridgehead atoms. The molecule has 1 aromatic heterocycles. The van der Waals surface area contributed by atoms with E-state index in [1.54, 1.807) is 6.92 Å². The van der Waals surface area contributed by atoms with Gasteiger partial charge >= 0.3 is 5.69 Å². The molecular formula is C12H21N7O2. The lowest BCUT2D eigenvalue weighted by molar-refractivity contribution is -0.385. The molecule has 0 spiro atoms. The van der Waals surface area contributed by atoms with Crippen molar-refractivity contribution in [2.75, 3.05) is 37.5 Å². The monoisotopic (exact) mass is 295 g/mol. The molecule has 9 heteroatoms. The molecule has 1 aliphatic rings. The van der Waals surface area contributed by atoms with Gasteiger partial charge in [-0.15, -0.1) is 0 Å². The van der Waals surface area contributed by atoms with Gasteiger partial charge in [0.25, 0.3) is 0 Å². The first-order valence-corrected chi connectivity index (χ1v) is 6.85. The SMILES string of the molecule is Cc1nc(NN)nc(N(C)C2CCN(C)CC2)c1[N+](=O)[O-]. The number of hydrogen-bond donors (Lipinski definition) is 2. The summed E-state index contributed by atoms with van der Waals surface area (Å²) in [5.74, 6) is 5.84. The van der Waals surface area contributed by atoms with Crippen LogP contribution in [0.4, 0.5) is 17.5 Å². The first-order valence-electron chi connectivity index (χ1n) is 6.85. The van der Waals surface area contributed by atoms with Crippen molar-refractivity contribution in [2.24, 2.45) is 5.84 Å². The first-order chi connectivity index (χ1) is 9.93. The van der Waals surface area contributed by atoms with Gasteiger partial charge in [-0.05, 0) is 39.9 Å². The second kappa shape index (κ2) is 6.19. The minimum atomic E-state index is -0.434. The second-order valence-corrected chi connectivity index (χ2v) is 5.35. The third kappa shape index (κ3) is 3.19. The smallest absolute Gasteiger partial charge is 0.332 e. The average molecular weight is 295 g/mol. The Morgan fingerprint density at radius 1 is 1.43 bits per heavy atom. The number of piperidine rings is 1. The van der Waals surface area contributed by atoms with Crippen LogP contribution in [0.15, 0.2) is 0 Å². The molecule has 0 saturated carbocycles. The summed E-state index contributed by atoms with van der Waals surface area (Å²) in [5, 5.41) is 11.3. The highest BCUT2D eigenvalue weighted by Gasteiger charge is 2.29. The number of nitrogen functional groups attached to an aromatic ring is 1. The van der Waals surface area contributed by atoms with Gasteiger partial charge in [0.05, 0.1) is 4.92 Å². The minimum absolute atomic E-state index is 0.0598. The summed E-state index contributed by atoms with van der Waals surface area (Å²) in [6, 6.07) is 0.222. The van der Waals surface area contributed by atoms with Gasteiger partial charge in [0.2, 0.25) is 11.8 Å². The number of nitrogens with one attached hydrogen (secondary N) is 1. The summed E-state index contributed by atoms with van der Waals surface area (Å²) in [6.07, 6.45) is 1.89. The third-order valence-corrected chi connectivity index (χ3v) is 3.92. The van der Waals surface area contributed by atoms with Gasteiger partial charge in [-0.25, -0.2) is 10.8 Å². The van der Waals surface area contributed by atoms with Gasteiger partial charge in [-0.2, -0.15) is 4.98 Å². The predicted molar refractivity (Wildman–Crippen MR) is 80.2 cm³/mol. The van der Waals surface area contributed by atoms with Crippen molar-refractivity contribution in [1.82, 2.24) is 14.9 Å². The molecule has 1 fully saturated rings. The van der Waals surface area contributed by atoms with E-state index >= 15 is 0 Å². The van der Waals surface area contributed by atoms with Crippen LogP contribution >= 0.6 is 0 Å². The number of likely N-dealkylation sites (tertiary alicyclic amines) is 1. The zero-order chi connectivity index (χ0) is 15.6. The maximum absolute atomic E-state index is 11.3. The summed E-state index contributed by atoms with van der Waals surface area (Å²) in [4.78, 5) is 23.2. The summed E-state index contributed by atoms with van der Waals surface area (Å²) >= 11 is 0. The lowest BCUT2D eigenvalue weighted by Crippen LogP contribution is -2.42. The van der Waals surface area contributed by atoms with Crippen molar-refractivity contribution in [2.45, 2.75) is 25.8 Å². The van der Waals surface area contributed by atoms with E-state index in [1.807, 2.05) is 11.9 Å².